The van der Waals surface area contributed by atoms with Gasteiger partial charge in [-0.2, -0.15) is 0 Å². The van der Waals surface area contributed by atoms with Crippen LogP contribution in [-0.2, 0) is 27.9 Å². The van der Waals surface area contributed by atoms with Crippen molar-refractivity contribution in [2.45, 2.75) is 138 Å². The predicted molar refractivity (Wildman–Crippen MR) is 185 cm³/mol. The fraction of sp³-hybridized carbons (Fsp3) is 0.724. The highest BCUT2D eigenvalue weighted by Crippen LogP contribution is 2.43. The number of aryl methyl sites for hydroxylation is 2. The molecule has 0 unspecified atom stereocenters. The SMILES string of the molecule is C.CC1(C)OB(B2OC(C)(C)C(C)(C)O2)OC1(C)C.Cc1nc(N)ncc1B1OC(C)(C)C(C)(C)O1.Cc1nc(N)ncc1Br. The van der Waals surface area contributed by atoms with Crippen LogP contribution in [0.15, 0.2) is 16.9 Å². The van der Waals surface area contributed by atoms with Crippen molar-refractivity contribution in [3.8, 4) is 0 Å². The molecule has 250 valence electrons. The van der Waals surface area contributed by atoms with E-state index in [2.05, 4.69) is 35.9 Å². The molecule has 3 fully saturated rings. The number of nitrogens with zero attached hydrogens (tertiary/aromatic N) is 4. The molecule has 0 radical (unpaired) electrons. The third-order valence-corrected chi connectivity index (χ3v) is 10.0. The number of nitrogen functional groups attached to an aromatic ring is 2. The zero-order valence-electron chi connectivity index (χ0n) is 28.7. The average Bonchev–Trinajstić information content (AvgIpc) is 3.31. The first-order valence-corrected chi connectivity index (χ1v) is 15.5. The van der Waals surface area contributed by atoms with E-state index in [0.29, 0.717) is 5.95 Å². The van der Waals surface area contributed by atoms with Crippen LogP contribution in [0.25, 0.3) is 0 Å². The van der Waals surface area contributed by atoms with Crippen LogP contribution < -0.4 is 16.9 Å². The first-order valence-electron chi connectivity index (χ1n) is 14.7. The lowest BCUT2D eigenvalue weighted by molar-refractivity contribution is 0.00578. The normalized spacial score (nSPS) is 23.0. The molecule has 2 aromatic heterocycles. The van der Waals surface area contributed by atoms with Gasteiger partial charge in [0.15, 0.2) is 0 Å². The highest BCUT2D eigenvalue weighted by atomic mass is 79.9. The van der Waals surface area contributed by atoms with E-state index in [9.17, 15) is 0 Å². The Balaban J connectivity index is 0.000000245. The standard InChI is InChI=1S/C12H24B2O4.C11H18BN3O2.C5H6BrN3.CH4/c1-9(2)10(3,4)16-13(15-9)14-17-11(5,6)12(7,8)18-14;1-7-8(6-14-9(13)15-7)12-16-10(2,3)11(4,5)17-12;1-3-4(6)2-8-5(7)9-3;/h1-8H3;6H,1-5H3,(H2,13,14,15);2H,1H3,(H2,7,8,9);1H4. The fourth-order valence-corrected chi connectivity index (χ4v) is 4.36. The largest absolute Gasteiger partial charge is 0.498 e. The van der Waals surface area contributed by atoms with Crippen LogP contribution in [0.4, 0.5) is 11.9 Å². The molecule has 2 aromatic rings. The fourth-order valence-electron chi connectivity index (χ4n) is 4.17. The molecule has 12 nitrogen and oxygen atoms in total. The van der Waals surface area contributed by atoms with Crippen molar-refractivity contribution in [3.05, 3.63) is 28.3 Å². The summed E-state index contributed by atoms with van der Waals surface area (Å²) in [6.07, 6.45) is 3.30. The van der Waals surface area contributed by atoms with Crippen molar-refractivity contribution < 1.29 is 27.9 Å². The lowest BCUT2D eigenvalue weighted by Crippen LogP contribution is -2.41. The first-order chi connectivity index (χ1) is 19.8. The van der Waals surface area contributed by atoms with Gasteiger partial charge in [-0.25, -0.2) is 19.9 Å². The summed E-state index contributed by atoms with van der Waals surface area (Å²) in [6, 6.07) is 0. The molecule has 3 aliphatic heterocycles. The summed E-state index contributed by atoms with van der Waals surface area (Å²) >= 11 is 3.25. The van der Waals surface area contributed by atoms with Crippen molar-refractivity contribution in [1.29, 1.82) is 0 Å². The van der Waals surface area contributed by atoms with E-state index in [0.717, 1.165) is 21.3 Å². The molecule has 0 atom stereocenters. The molecule has 0 aliphatic carbocycles. The van der Waals surface area contributed by atoms with Gasteiger partial charge in [-0.3, -0.25) is 0 Å². The van der Waals surface area contributed by atoms with Crippen LogP contribution in [0.2, 0.25) is 0 Å². The Morgan fingerprint density at radius 2 is 0.867 bits per heavy atom. The maximum Gasteiger partial charge on any atom is 0.498 e. The molecule has 0 bridgehead atoms. The maximum absolute atomic E-state index is 5.96. The molecule has 45 heavy (non-hydrogen) atoms. The lowest BCUT2D eigenvalue weighted by atomic mass is 9.49. The van der Waals surface area contributed by atoms with Crippen LogP contribution in [0.3, 0.4) is 0 Å². The monoisotopic (exact) mass is 692 g/mol. The number of halogens is 1. The van der Waals surface area contributed by atoms with Crippen molar-refractivity contribution in [2.24, 2.45) is 0 Å². The summed E-state index contributed by atoms with van der Waals surface area (Å²) in [5.41, 5.74) is 11.1. The number of nitrogens with two attached hydrogens (primary N) is 2. The highest BCUT2D eigenvalue weighted by Gasteiger charge is 2.63. The second-order valence-electron chi connectivity index (χ2n) is 14.3. The number of aromatic nitrogens is 4. The number of anilines is 2. The van der Waals surface area contributed by atoms with E-state index in [4.69, 9.17) is 39.4 Å². The van der Waals surface area contributed by atoms with Gasteiger partial charge in [-0.15, -0.1) is 0 Å². The Morgan fingerprint density at radius 3 is 1.18 bits per heavy atom. The van der Waals surface area contributed by atoms with E-state index in [1.54, 1.807) is 12.4 Å². The van der Waals surface area contributed by atoms with Crippen molar-refractivity contribution in [2.75, 3.05) is 11.5 Å². The molecule has 4 N–H and O–H groups in total. The topological polar surface area (TPSA) is 159 Å². The lowest BCUT2D eigenvalue weighted by Gasteiger charge is -2.32. The number of rotatable bonds is 2. The molecule has 5 heterocycles. The predicted octanol–water partition coefficient (Wildman–Crippen LogP) is 4.68. The summed E-state index contributed by atoms with van der Waals surface area (Å²) in [5.74, 6) is 0.582. The Bertz CT molecular complexity index is 1270. The van der Waals surface area contributed by atoms with Crippen LogP contribution in [-0.4, -0.2) is 74.7 Å². The summed E-state index contributed by atoms with van der Waals surface area (Å²) in [4.78, 5) is 15.8. The summed E-state index contributed by atoms with van der Waals surface area (Å²) in [5, 5.41) is 0. The third kappa shape index (κ3) is 8.57. The quantitative estimate of drug-likeness (QED) is 0.419. The van der Waals surface area contributed by atoms with Gasteiger partial charge >= 0.3 is 21.1 Å². The average molecular weight is 693 g/mol. The minimum Gasteiger partial charge on any atom is -0.405 e. The molecule has 16 heteroatoms. The Labute approximate surface area is 279 Å². The summed E-state index contributed by atoms with van der Waals surface area (Å²) in [6.45, 7) is 28.0. The molecule has 0 spiro atoms. The van der Waals surface area contributed by atoms with Crippen LogP contribution >= 0.6 is 15.9 Å². The van der Waals surface area contributed by atoms with E-state index in [-0.39, 0.29) is 47.0 Å². The van der Waals surface area contributed by atoms with Gasteiger partial charge in [0.25, 0.3) is 0 Å². The molecular formula is C29H52B3BrN6O6. The van der Waals surface area contributed by atoms with Gasteiger partial charge in [0.2, 0.25) is 11.9 Å². The van der Waals surface area contributed by atoms with Gasteiger partial charge < -0.3 is 39.4 Å². The van der Waals surface area contributed by atoms with Crippen molar-refractivity contribution in [3.63, 3.8) is 0 Å². The van der Waals surface area contributed by atoms with Gasteiger partial charge in [-0.1, -0.05) is 7.43 Å². The molecule has 0 aromatic carbocycles. The van der Waals surface area contributed by atoms with Gasteiger partial charge in [0.05, 0.1) is 43.8 Å². The third-order valence-electron chi connectivity index (χ3n) is 9.25. The van der Waals surface area contributed by atoms with Crippen molar-refractivity contribution >= 4 is 54.4 Å². The molecule has 3 saturated heterocycles. The van der Waals surface area contributed by atoms with Crippen LogP contribution in [0, 0.1) is 13.8 Å². The van der Waals surface area contributed by atoms with Gasteiger partial charge in [0, 0.05) is 23.6 Å². The second kappa shape index (κ2) is 13.4. The number of hydrogen-bond acceptors (Lipinski definition) is 12. The maximum atomic E-state index is 5.96. The molecular weight excluding hydrogens is 641 g/mol. The molecule has 0 amide bonds. The number of hydrogen-bond donors (Lipinski definition) is 2. The van der Waals surface area contributed by atoms with E-state index in [1.165, 1.54) is 0 Å². The highest BCUT2D eigenvalue weighted by molar-refractivity contribution is 9.10. The van der Waals surface area contributed by atoms with E-state index in [1.807, 2.05) is 96.9 Å². The molecule has 5 rings (SSSR count). The van der Waals surface area contributed by atoms with E-state index >= 15 is 0 Å². The van der Waals surface area contributed by atoms with Gasteiger partial charge in [-0.05, 0) is 113 Å². The summed E-state index contributed by atoms with van der Waals surface area (Å²) in [7, 11) is -1.38. The minimum atomic E-state index is -0.476. The zero-order valence-corrected chi connectivity index (χ0v) is 30.2. The smallest absolute Gasteiger partial charge is 0.405 e. The Morgan fingerprint density at radius 1 is 0.556 bits per heavy atom. The molecule has 0 saturated carbocycles. The Kier molecular flexibility index (Phi) is 11.7. The summed E-state index contributed by atoms with van der Waals surface area (Å²) < 4.78 is 36.6. The second-order valence-corrected chi connectivity index (χ2v) is 15.1. The van der Waals surface area contributed by atoms with E-state index < -0.39 is 21.1 Å². The van der Waals surface area contributed by atoms with Crippen LogP contribution in [0.1, 0.15) is 102 Å². The minimum absolute atomic E-state index is 0. The Hall–Kier alpha value is -1.81. The molecule has 3 aliphatic rings. The van der Waals surface area contributed by atoms with Crippen LogP contribution in [0.5, 0.6) is 0 Å². The van der Waals surface area contributed by atoms with Gasteiger partial charge in [0.1, 0.15) is 0 Å². The van der Waals surface area contributed by atoms with Crippen molar-refractivity contribution in [1.82, 2.24) is 19.9 Å². The zero-order chi connectivity index (χ0) is 33.7. The first kappa shape index (κ1) is 39.4.